The zero-order valence-electron chi connectivity index (χ0n) is 16.9. The first-order valence-corrected chi connectivity index (χ1v) is 9.57. The minimum atomic E-state index is -0.558. The van der Waals surface area contributed by atoms with Crippen LogP contribution in [0.4, 0.5) is 20.6 Å². The molecule has 1 N–H and O–H groups in total. The smallest absolute Gasteiger partial charge is 0.414 e. The van der Waals surface area contributed by atoms with Gasteiger partial charge in [0.05, 0.1) is 30.5 Å². The molecule has 1 aromatic rings. The summed E-state index contributed by atoms with van der Waals surface area (Å²) in [7, 11) is 0. The van der Waals surface area contributed by atoms with Crippen LogP contribution < -0.4 is 15.1 Å². The fourth-order valence-electron chi connectivity index (χ4n) is 3.82. The summed E-state index contributed by atoms with van der Waals surface area (Å²) in [5, 5.41) is 11.6. The Hall–Kier alpha value is -3.08. The van der Waals surface area contributed by atoms with Gasteiger partial charge in [0.15, 0.2) is 0 Å². The van der Waals surface area contributed by atoms with Gasteiger partial charge in [-0.15, -0.1) is 0 Å². The Kier molecular flexibility index (Phi) is 5.78. The van der Waals surface area contributed by atoms with Crippen molar-refractivity contribution in [2.75, 3.05) is 36.0 Å². The van der Waals surface area contributed by atoms with E-state index in [1.165, 1.54) is 17.9 Å². The Balaban J connectivity index is 1.73. The van der Waals surface area contributed by atoms with Crippen LogP contribution in [0, 0.1) is 22.6 Å². The van der Waals surface area contributed by atoms with Crippen LogP contribution in [0.25, 0.3) is 0 Å². The van der Waals surface area contributed by atoms with Gasteiger partial charge in [-0.3, -0.25) is 9.69 Å². The van der Waals surface area contributed by atoms with E-state index in [-0.39, 0.29) is 24.4 Å². The third-order valence-electron chi connectivity index (χ3n) is 5.38. The van der Waals surface area contributed by atoms with Crippen LogP contribution in [0.15, 0.2) is 29.8 Å². The third kappa shape index (κ3) is 4.50. The van der Waals surface area contributed by atoms with Crippen LogP contribution in [0.5, 0.6) is 0 Å². The number of nitrogens with one attached hydrogen (secondary N) is 1. The molecule has 2 saturated heterocycles. The molecule has 8 heteroatoms. The van der Waals surface area contributed by atoms with Gasteiger partial charge in [0.1, 0.15) is 11.9 Å². The monoisotopic (exact) mass is 400 g/mol. The second-order valence-electron chi connectivity index (χ2n) is 8.04. The number of carbonyl (C=O) groups excluding carboxylic acids is 2. The Morgan fingerprint density at radius 2 is 2.24 bits per heavy atom. The molecule has 0 spiro atoms. The lowest BCUT2D eigenvalue weighted by atomic mass is 9.78. The molecule has 0 saturated carbocycles. The second-order valence-corrected chi connectivity index (χ2v) is 8.04. The molecule has 7 nitrogen and oxygen atoms in total. The lowest BCUT2D eigenvalue weighted by Crippen LogP contribution is -2.42. The molecule has 0 bridgehead atoms. The van der Waals surface area contributed by atoms with Crippen LogP contribution in [0.1, 0.15) is 27.2 Å². The third-order valence-corrected chi connectivity index (χ3v) is 5.38. The number of anilines is 2. The van der Waals surface area contributed by atoms with Crippen LogP contribution in [0.2, 0.25) is 0 Å². The molecule has 2 fully saturated rings. The van der Waals surface area contributed by atoms with E-state index in [4.69, 9.17) is 10.00 Å². The molecule has 154 valence electrons. The van der Waals surface area contributed by atoms with Crippen molar-refractivity contribution in [3.63, 3.8) is 0 Å². The van der Waals surface area contributed by atoms with Gasteiger partial charge in [0, 0.05) is 31.5 Å². The maximum Gasteiger partial charge on any atom is 0.414 e. The number of ether oxygens (including phenoxy) is 1. The minimum absolute atomic E-state index is 0.202. The Labute approximate surface area is 169 Å². The van der Waals surface area contributed by atoms with Gasteiger partial charge in [-0.1, -0.05) is 19.4 Å². The molecule has 29 heavy (non-hydrogen) atoms. The molecule has 3 rings (SSSR count). The standard InChI is InChI=1S/C21H25FN4O3/c1-14(27)24-11-17-12-26(20(28)29-17)16-4-5-19(18(22)10-16)25-9-7-15(6-8-23)21(2,3)13-25/h4-6,10,17H,7,9,11-13H2,1-3H3,(H,24,27)/t17-/m0/s1. The molecule has 0 aliphatic carbocycles. The fourth-order valence-corrected chi connectivity index (χ4v) is 3.82. The predicted octanol–water partition coefficient (Wildman–Crippen LogP) is 2.97. The summed E-state index contributed by atoms with van der Waals surface area (Å²) < 4.78 is 20.2. The summed E-state index contributed by atoms with van der Waals surface area (Å²) in [6.45, 7) is 7.17. The summed E-state index contributed by atoms with van der Waals surface area (Å²) in [5.74, 6) is -0.615. The van der Waals surface area contributed by atoms with Crippen molar-refractivity contribution < 1.29 is 18.7 Å². The first-order chi connectivity index (χ1) is 13.7. The molecule has 2 aliphatic rings. The minimum Gasteiger partial charge on any atom is -0.442 e. The molecular formula is C21H25FN4O3. The number of carbonyl (C=O) groups is 2. The molecule has 0 unspecified atom stereocenters. The number of rotatable bonds is 4. The molecule has 2 amide bonds. The van der Waals surface area contributed by atoms with E-state index in [2.05, 4.69) is 11.4 Å². The number of amides is 2. The molecule has 1 atom stereocenters. The van der Waals surface area contributed by atoms with Gasteiger partial charge < -0.3 is 15.0 Å². The van der Waals surface area contributed by atoms with Gasteiger partial charge in [-0.05, 0) is 24.6 Å². The zero-order chi connectivity index (χ0) is 21.2. The van der Waals surface area contributed by atoms with Crippen LogP contribution >= 0.6 is 0 Å². The first kappa shape index (κ1) is 20.6. The van der Waals surface area contributed by atoms with Gasteiger partial charge in [0.25, 0.3) is 0 Å². The highest BCUT2D eigenvalue weighted by atomic mass is 19.1. The highest BCUT2D eigenvalue weighted by Gasteiger charge is 2.34. The number of halogens is 1. The van der Waals surface area contributed by atoms with Gasteiger partial charge in [0.2, 0.25) is 5.91 Å². The van der Waals surface area contributed by atoms with Crippen LogP contribution in [-0.4, -0.2) is 44.3 Å². The van der Waals surface area contributed by atoms with E-state index in [0.29, 0.717) is 30.9 Å². The van der Waals surface area contributed by atoms with Crippen LogP contribution in [-0.2, 0) is 9.53 Å². The van der Waals surface area contributed by atoms with Crippen molar-refractivity contribution >= 4 is 23.4 Å². The van der Waals surface area contributed by atoms with Gasteiger partial charge in [-0.25, -0.2) is 9.18 Å². The highest BCUT2D eigenvalue weighted by Crippen LogP contribution is 2.37. The number of nitriles is 1. The molecule has 0 radical (unpaired) electrons. The van der Waals surface area contributed by atoms with E-state index in [1.807, 2.05) is 18.7 Å². The SMILES string of the molecule is CC(=O)NC[C@H]1CN(c2ccc(N3CCC(=CC#N)C(C)(C)C3)c(F)c2)C(=O)O1. The van der Waals surface area contributed by atoms with Crippen molar-refractivity contribution in [3.05, 3.63) is 35.7 Å². The van der Waals surface area contributed by atoms with Crippen LogP contribution in [0.3, 0.4) is 0 Å². The van der Waals surface area contributed by atoms with E-state index in [0.717, 1.165) is 5.57 Å². The number of hydrogen-bond acceptors (Lipinski definition) is 5. The molecule has 0 aromatic heterocycles. The van der Waals surface area contributed by atoms with Crippen molar-refractivity contribution in [3.8, 4) is 6.07 Å². The number of allylic oxidation sites excluding steroid dienone is 1. The van der Waals surface area contributed by atoms with Gasteiger partial charge >= 0.3 is 6.09 Å². The maximum absolute atomic E-state index is 14.9. The Bertz CT molecular complexity index is 890. The Morgan fingerprint density at radius 1 is 1.48 bits per heavy atom. The number of cyclic esters (lactones) is 1. The average molecular weight is 400 g/mol. The molecule has 2 heterocycles. The molecule has 1 aromatic carbocycles. The van der Waals surface area contributed by atoms with E-state index in [1.54, 1.807) is 18.2 Å². The number of hydrogen-bond donors (Lipinski definition) is 1. The number of nitrogens with zero attached hydrogens (tertiary/aromatic N) is 3. The van der Waals surface area contributed by atoms with Crippen molar-refractivity contribution in [2.24, 2.45) is 5.41 Å². The largest absolute Gasteiger partial charge is 0.442 e. The first-order valence-electron chi connectivity index (χ1n) is 9.57. The van der Waals surface area contributed by atoms with E-state index >= 15 is 0 Å². The topological polar surface area (TPSA) is 85.7 Å². The van der Waals surface area contributed by atoms with E-state index < -0.39 is 18.0 Å². The van der Waals surface area contributed by atoms with Gasteiger partial charge in [-0.2, -0.15) is 5.26 Å². The maximum atomic E-state index is 14.9. The summed E-state index contributed by atoms with van der Waals surface area (Å²) in [6.07, 6.45) is 1.26. The lowest BCUT2D eigenvalue weighted by molar-refractivity contribution is -0.119. The van der Waals surface area contributed by atoms with Crippen molar-refractivity contribution in [2.45, 2.75) is 33.3 Å². The molecule has 2 aliphatic heterocycles. The van der Waals surface area contributed by atoms with Crippen molar-refractivity contribution in [1.82, 2.24) is 5.32 Å². The number of benzene rings is 1. The normalized spacial score (nSPS) is 22.4. The number of piperidine rings is 1. The summed E-state index contributed by atoms with van der Waals surface area (Å²) in [5.41, 5.74) is 1.73. The average Bonchev–Trinajstić information content (AvgIpc) is 3.02. The lowest BCUT2D eigenvalue weighted by Gasteiger charge is -2.41. The zero-order valence-corrected chi connectivity index (χ0v) is 16.9. The predicted molar refractivity (Wildman–Crippen MR) is 107 cm³/mol. The summed E-state index contributed by atoms with van der Waals surface area (Å²) >= 11 is 0. The summed E-state index contributed by atoms with van der Waals surface area (Å²) in [4.78, 5) is 26.5. The quantitative estimate of drug-likeness (QED) is 0.786. The second kappa shape index (κ2) is 8.11. The summed E-state index contributed by atoms with van der Waals surface area (Å²) in [6, 6.07) is 6.81. The van der Waals surface area contributed by atoms with Crippen molar-refractivity contribution in [1.29, 1.82) is 5.26 Å². The molecular weight excluding hydrogens is 375 g/mol. The fraction of sp³-hybridized carbons (Fsp3) is 0.476. The Morgan fingerprint density at radius 3 is 2.86 bits per heavy atom. The van der Waals surface area contributed by atoms with E-state index in [9.17, 15) is 14.0 Å². The highest BCUT2D eigenvalue weighted by molar-refractivity contribution is 5.90.